The largest absolute Gasteiger partial charge is 0.377 e. The molecule has 4 N–H and O–H groups in total. The van der Waals surface area contributed by atoms with Gasteiger partial charge in [-0.25, -0.2) is 10.8 Å². The summed E-state index contributed by atoms with van der Waals surface area (Å²) in [6.07, 6.45) is 1.48. The number of nitrogens with zero attached hydrogens (tertiary/aromatic N) is 2. The number of hydrazine groups is 1. The molecule has 6 nitrogen and oxygen atoms in total. The predicted molar refractivity (Wildman–Crippen MR) is 64.4 cm³/mol. The Morgan fingerprint density at radius 3 is 2.81 bits per heavy atom. The highest BCUT2D eigenvalue weighted by molar-refractivity contribution is 6.32. The molecule has 7 heteroatoms. The van der Waals surface area contributed by atoms with Crippen molar-refractivity contribution in [1.82, 2.24) is 9.97 Å². The Morgan fingerprint density at radius 2 is 2.25 bits per heavy atom. The first-order valence-corrected chi connectivity index (χ1v) is 5.14. The molecule has 16 heavy (non-hydrogen) atoms. The van der Waals surface area contributed by atoms with Crippen LogP contribution in [0, 0.1) is 0 Å². The van der Waals surface area contributed by atoms with E-state index in [4.69, 9.17) is 22.2 Å². The van der Waals surface area contributed by atoms with Gasteiger partial charge in [0.05, 0.1) is 11.8 Å². The summed E-state index contributed by atoms with van der Waals surface area (Å²) in [6.45, 7) is 4.48. The number of nitrogen functional groups attached to an aromatic ring is 1. The molecule has 0 aliphatic carbocycles. The van der Waals surface area contributed by atoms with Crippen LogP contribution in [0.15, 0.2) is 6.20 Å². The van der Waals surface area contributed by atoms with E-state index in [1.165, 1.54) is 6.20 Å². The van der Waals surface area contributed by atoms with Crippen molar-refractivity contribution in [2.75, 3.05) is 24.4 Å². The minimum atomic E-state index is -0.301. The van der Waals surface area contributed by atoms with Crippen molar-refractivity contribution < 1.29 is 4.74 Å². The second kappa shape index (κ2) is 5.29. The number of nitrogens with two attached hydrogens (primary N) is 1. The van der Waals surface area contributed by atoms with Gasteiger partial charge in [0, 0.05) is 13.7 Å². The van der Waals surface area contributed by atoms with Gasteiger partial charge in [0.25, 0.3) is 0 Å². The summed E-state index contributed by atoms with van der Waals surface area (Å²) < 4.78 is 5.27. The Morgan fingerprint density at radius 1 is 1.56 bits per heavy atom. The Bertz CT molecular complexity index is 358. The third-order valence-electron chi connectivity index (χ3n) is 2.11. The number of hydrogen-bond acceptors (Lipinski definition) is 6. The molecule has 1 aromatic heterocycles. The molecule has 0 spiro atoms. The summed E-state index contributed by atoms with van der Waals surface area (Å²) in [6, 6.07) is 0. The molecule has 0 bridgehead atoms. The maximum atomic E-state index is 5.93. The average molecular weight is 246 g/mol. The monoisotopic (exact) mass is 245 g/mol. The van der Waals surface area contributed by atoms with E-state index in [1.54, 1.807) is 7.11 Å². The van der Waals surface area contributed by atoms with Gasteiger partial charge in [-0.05, 0) is 13.8 Å². The third kappa shape index (κ3) is 3.48. The molecule has 0 aliphatic heterocycles. The molecule has 0 saturated heterocycles. The summed E-state index contributed by atoms with van der Waals surface area (Å²) in [4.78, 5) is 7.95. The highest BCUT2D eigenvalue weighted by Gasteiger charge is 2.17. The summed E-state index contributed by atoms with van der Waals surface area (Å²) in [7, 11) is 1.65. The van der Waals surface area contributed by atoms with Crippen molar-refractivity contribution in [3.8, 4) is 0 Å². The number of ether oxygens (including phenoxy) is 1. The fraction of sp³-hybridized carbons (Fsp3) is 0.556. The standard InChI is InChI=1S/C9H16ClN5O/c1-9(2,16-3)5-13-7-6(10)4-12-8(14-7)15-11/h4H,5,11H2,1-3H3,(H2,12,13,14,15). The number of rotatable bonds is 5. The lowest BCUT2D eigenvalue weighted by atomic mass is 10.1. The normalized spacial score (nSPS) is 11.3. The summed E-state index contributed by atoms with van der Waals surface area (Å²) in [5.41, 5.74) is 2.05. The van der Waals surface area contributed by atoms with Crippen LogP contribution in [0.25, 0.3) is 0 Å². The first kappa shape index (κ1) is 13.0. The molecule has 90 valence electrons. The van der Waals surface area contributed by atoms with Gasteiger partial charge in [-0.1, -0.05) is 11.6 Å². The lowest BCUT2D eigenvalue weighted by Gasteiger charge is -2.23. The van der Waals surface area contributed by atoms with E-state index in [0.717, 1.165) is 0 Å². The van der Waals surface area contributed by atoms with E-state index < -0.39 is 0 Å². The van der Waals surface area contributed by atoms with Crippen LogP contribution in [0.5, 0.6) is 0 Å². The van der Waals surface area contributed by atoms with Gasteiger partial charge >= 0.3 is 0 Å². The first-order valence-electron chi connectivity index (χ1n) is 4.76. The fourth-order valence-electron chi connectivity index (χ4n) is 0.929. The second-order valence-electron chi connectivity index (χ2n) is 3.85. The van der Waals surface area contributed by atoms with Crippen LogP contribution in [0.1, 0.15) is 13.8 Å². The molecule has 1 aromatic rings. The minimum Gasteiger partial charge on any atom is -0.377 e. The first-order chi connectivity index (χ1) is 7.48. The van der Waals surface area contributed by atoms with E-state index in [-0.39, 0.29) is 5.60 Å². The number of methoxy groups -OCH3 is 1. The van der Waals surface area contributed by atoms with Crippen LogP contribution >= 0.6 is 11.6 Å². The molecule has 0 amide bonds. The zero-order valence-electron chi connectivity index (χ0n) is 9.54. The maximum absolute atomic E-state index is 5.93. The van der Waals surface area contributed by atoms with Gasteiger partial charge in [-0.2, -0.15) is 4.98 Å². The molecule has 0 aliphatic rings. The Balaban J connectivity index is 2.73. The van der Waals surface area contributed by atoms with Gasteiger partial charge in [-0.3, -0.25) is 5.43 Å². The SMILES string of the molecule is COC(C)(C)CNc1nc(NN)ncc1Cl. The van der Waals surface area contributed by atoms with Gasteiger partial charge in [0.15, 0.2) is 5.82 Å². The van der Waals surface area contributed by atoms with Gasteiger partial charge in [-0.15, -0.1) is 0 Å². The molecular formula is C9H16ClN5O. The van der Waals surface area contributed by atoms with Crippen LogP contribution < -0.4 is 16.6 Å². The van der Waals surface area contributed by atoms with Crippen LogP contribution in [-0.2, 0) is 4.74 Å². The fourth-order valence-corrected chi connectivity index (χ4v) is 1.09. The molecule has 0 unspecified atom stereocenters. The van der Waals surface area contributed by atoms with Crippen molar-refractivity contribution in [2.24, 2.45) is 5.84 Å². The van der Waals surface area contributed by atoms with E-state index in [9.17, 15) is 0 Å². The third-order valence-corrected chi connectivity index (χ3v) is 2.38. The highest BCUT2D eigenvalue weighted by Crippen LogP contribution is 2.20. The average Bonchev–Trinajstić information content (AvgIpc) is 2.28. The van der Waals surface area contributed by atoms with Crippen LogP contribution in [0.4, 0.5) is 11.8 Å². The van der Waals surface area contributed by atoms with Crippen LogP contribution in [0.2, 0.25) is 5.02 Å². The molecule has 0 fully saturated rings. The molecule has 0 atom stereocenters. The summed E-state index contributed by atoms with van der Waals surface area (Å²) in [5, 5.41) is 3.51. The Kier molecular flexibility index (Phi) is 4.28. The minimum absolute atomic E-state index is 0.301. The van der Waals surface area contributed by atoms with Gasteiger partial charge < -0.3 is 10.1 Å². The van der Waals surface area contributed by atoms with E-state index in [1.807, 2.05) is 13.8 Å². The molecular weight excluding hydrogens is 230 g/mol. The van der Waals surface area contributed by atoms with Crippen molar-refractivity contribution >= 4 is 23.4 Å². The van der Waals surface area contributed by atoms with E-state index in [0.29, 0.717) is 23.3 Å². The molecule has 1 heterocycles. The molecule has 1 rings (SSSR count). The lowest BCUT2D eigenvalue weighted by Crippen LogP contribution is -2.32. The maximum Gasteiger partial charge on any atom is 0.239 e. The Labute approximate surface area is 99.5 Å². The Hall–Kier alpha value is -1.11. The van der Waals surface area contributed by atoms with Crippen molar-refractivity contribution in [3.63, 3.8) is 0 Å². The number of aromatic nitrogens is 2. The smallest absolute Gasteiger partial charge is 0.239 e. The zero-order chi connectivity index (χ0) is 12.2. The van der Waals surface area contributed by atoms with E-state index in [2.05, 4.69) is 20.7 Å². The molecule has 0 saturated carbocycles. The second-order valence-corrected chi connectivity index (χ2v) is 4.26. The van der Waals surface area contributed by atoms with Crippen LogP contribution in [0.3, 0.4) is 0 Å². The molecule has 0 radical (unpaired) electrons. The van der Waals surface area contributed by atoms with Crippen molar-refractivity contribution in [2.45, 2.75) is 19.4 Å². The van der Waals surface area contributed by atoms with Gasteiger partial charge in [0.1, 0.15) is 5.02 Å². The quantitative estimate of drug-likeness (QED) is 0.535. The highest BCUT2D eigenvalue weighted by atomic mass is 35.5. The zero-order valence-corrected chi connectivity index (χ0v) is 10.3. The number of nitrogens with one attached hydrogen (secondary N) is 2. The van der Waals surface area contributed by atoms with Crippen LogP contribution in [-0.4, -0.2) is 29.2 Å². The number of anilines is 2. The van der Waals surface area contributed by atoms with Crippen molar-refractivity contribution in [3.05, 3.63) is 11.2 Å². The number of halogens is 1. The lowest BCUT2D eigenvalue weighted by molar-refractivity contribution is 0.0343. The topological polar surface area (TPSA) is 85.1 Å². The summed E-state index contributed by atoms with van der Waals surface area (Å²) >= 11 is 5.93. The summed E-state index contributed by atoms with van der Waals surface area (Å²) in [5.74, 6) is 6.04. The van der Waals surface area contributed by atoms with Crippen molar-refractivity contribution in [1.29, 1.82) is 0 Å². The number of hydrogen-bond donors (Lipinski definition) is 3. The predicted octanol–water partition coefficient (Wildman–Crippen LogP) is 1.25. The molecule has 0 aromatic carbocycles. The van der Waals surface area contributed by atoms with Gasteiger partial charge in [0.2, 0.25) is 5.95 Å². The van der Waals surface area contributed by atoms with E-state index >= 15 is 0 Å².